The SMILES string of the molecule is Cc1nc(C(C)Oc2ccccc2)cc(=O)[nH]1. The molecule has 0 amide bonds. The molecule has 1 aromatic heterocycles. The molecule has 1 atom stereocenters. The predicted molar refractivity (Wildman–Crippen MR) is 65.1 cm³/mol. The third kappa shape index (κ3) is 2.93. The van der Waals surface area contributed by atoms with Crippen LogP contribution in [0.4, 0.5) is 0 Å². The Balaban J connectivity index is 2.20. The third-order valence-corrected chi connectivity index (χ3v) is 2.35. The molecule has 0 radical (unpaired) electrons. The van der Waals surface area contributed by atoms with E-state index in [4.69, 9.17) is 4.74 Å². The van der Waals surface area contributed by atoms with Crippen LogP contribution in [0.5, 0.6) is 5.75 Å². The van der Waals surface area contributed by atoms with Gasteiger partial charge in [-0.05, 0) is 26.0 Å². The highest BCUT2D eigenvalue weighted by atomic mass is 16.5. The number of rotatable bonds is 3. The van der Waals surface area contributed by atoms with Crippen LogP contribution in [0.2, 0.25) is 0 Å². The summed E-state index contributed by atoms with van der Waals surface area (Å²) >= 11 is 0. The van der Waals surface area contributed by atoms with E-state index >= 15 is 0 Å². The first-order chi connectivity index (χ1) is 8.15. The van der Waals surface area contributed by atoms with E-state index < -0.39 is 0 Å². The second kappa shape index (κ2) is 4.82. The molecule has 4 nitrogen and oxygen atoms in total. The summed E-state index contributed by atoms with van der Waals surface area (Å²) < 4.78 is 5.70. The van der Waals surface area contributed by atoms with Crippen molar-refractivity contribution in [3.05, 3.63) is 58.3 Å². The summed E-state index contributed by atoms with van der Waals surface area (Å²) in [5.74, 6) is 1.36. The van der Waals surface area contributed by atoms with E-state index in [-0.39, 0.29) is 11.7 Å². The summed E-state index contributed by atoms with van der Waals surface area (Å²) in [5, 5.41) is 0. The molecule has 0 aliphatic heterocycles. The Hall–Kier alpha value is -2.10. The first-order valence-electron chi connectivity index (χ1n) is 5.45. The zero-order chi connectivity index (χ0) is 12.3. The summed E-state index contributed by atoms with van der Waals surface area (Å²) in [6, 6.07) is 10.9. The Morgan fingerprint density at radius 2 is 2.00 bits per heavy atom. The van der Waals surface area contributed by atoms with Gasteiger partial charge in [-0.25, -0.2) is 4.98 Å². The molecule has 1 N–H and O–H groups in total. The fourth-order valence-corrected chi connectivity index (χ4v) is 1.57. The number of nitrogens with zero attached hydrogens (tertiary/aromatic N) is 1. The molecule has 0 bridgehead atoms. The number of hydrogen-bond acceptors (Lipinski definition) is 3. The molecule has 17 heavy (non-hydrogen) atoms. The number of aromatic nitrogens is 2. The van der Waals surface area contributed by atoms with Gasteiger partial charge >= 0.3 is 0 Å². The molecule has 88 valence electrons. The van der Waals surface area contributed by atoms with Crippen LogP contribution in [0.1, 0.15) is 24.5 Å². The van der Waals surface area contributed by atoms with Crippen molar-refractivity contribution in [2.24, 2.45) is 0 Å². The molecule has 1 aromatic carbocycles. The predicted octanol–water partition coefficient (Wildman–Crippen LogP) is 2.22. The molecule has 1 heterocycles. The Kier molecular flexibility index (Phi) is 3.23. The van der Waals surface area contributed by atoms with Crippen LogP contribution in [0.3, 0.4) is 0 Å². The average molecular weight is 230 g/mol. The largest absolute Gasteiger partial charge is 0.484 e. The van der Waals surface area contributed by atoms with Gasteiger partial charge in [-0.1, -0.05) is 18.2 Å². The maximum absolute atomic E-state index is 11.3. The monoisotopic (exact) mass is 230 g/mol. The van der Waals surface area contributed by atoms with E-state index in [1.807, 2.05) is 37.3 Å². The van der Waals surface area contributed by atoms with E-state index in [9.17, 15) is 4.79 Å². The van der Waals surface area contributed by atoms with Crippen molar-refractivity contribution < 1.29 is 4.74 Å². The maximum Gasteiger partial charge on any atom is 0.251 e. The van der Waals surface area contributed by atoms with Gasteiger partial charge < -0.3 is 9.72 Å². The number of para-hydroxylation sites is 1. The minimum atomic E-state index is -0.251. The van der Waals surface area contributed by atoms with Gasteiger partial charge in [0.05, 0.1) is 5.69 Å². The van der Waals surface area contributed by atoms with Crippen LogP contribution in [0, 0.1) is 6.92 Å². The average Bonchev–Trinajstić information content (AvgIpc) is 2.29. The van der Waals surface area contributed by atoms with E-state index in [2.05, 4.69) is 9.97 Å². The molecule has 0 saturated carbocycles. The number of nitrogens with one attached hydrogen (secondary N) is 1. The summed E-state index contributed by atoms with van der Waals surface area (Å²) in [4.78, 5) is 18.2. The number of aryl methyl sites for hydroxylation is 1. The van der Waals surface area contributed by atoms with Gasteiger partial charge in [0, 0.05) is 6.07 Å². The highest BCUT2D eigenvalue weighted by molar-refractivity contribution is 5.22. The Labute approximate surface area is 99.3 Å². The Morgan fingerprint density at radius 3 is 2.65 bits per heavy atom. The lowest BCUT2D eigenvalue weighted by molar-refractivity contribution is 0.221. The fraction of sp³-hybridized carbons (Fsp3) is 0.231. The lowest BCUT2D eigenvalue weighted by atomic mass is 10.2. The quantitative estimate of drug-likeness (QED) is 0.879. The molecule has 1 unspecified atom stereocenters. The number of aromatic amines is 1. The van der Waals surface area contributed by atoms with Crippen molar-refractivity contribution in [1.82, 2.24) is 9.97 Å². The van der Waals surface area contributed by atoms with Crippen molar-refractivity contribution in [1.29, 1.82) is 0 Å². The van der Waals surface area contributed by atoms with Gasteiger partial charge in [-0.2, -0.15) is 0 Å². The van der Waals surface area contributed by atoms with Crippen LogP contribution in [0.25, 0.3) is 0 Å². The van der Waals surface area contributed by atoms with Gasteiger partial charge in [-0.15, -0.1) is 0 Å². The van der Waals surface area contributed by atoms with E-state index in [0.717, 1.165) is 5.75 Å². The van der Waals surface area contributed by atoms with Crippen molar-refractivity contribution >= 4 is 0 Å². The first kappa shape index (κ1) is 11.4. The molecule has 0 fully saturated rings. The molecule has 2 aromatic rings. The topological polar surface area (TPSA) is 55.0 Å². The first-order valence-corrected chi connectivity index (χ1v) is 5.45. The normalized spacial score (nSPS) is 12.1. The van der Waals surface area contributed by atoms with Crippen molar-refractivity contribution in [2.75, 3.05) is 0 Å². The van der Waals surface area contributed by atoms with E-state index in [1.165, 1.54) is 6.07 Å². The van der Waals surface area contributed by atoms with Crippen LogP contribution in [-0.2, 0) is 0 Å². The summed E-state index contributed by atoms with van der Waals surface area (Å²) in [6.07, 6.45) is -0.251. The maximum atomic E-state index is 11.3. The van der Waals surface area contributed by atoms with Gasteiger partial charge in [0.25, 0.3) is 5.56 Å². The lowest BCUT2D eigenvalue weighted by Crippen LogP contribution is -2.14. The zero-order valence-corrected chi connectivity index (χ0v) is 9.81. The summed E-state index contributed by atoms with van der Waals surface area (Å²) in [6.45, 7) is 3.62. The molecule has 0 aliphatic rings. The lowest BCUT2D eigenvalue weighted by Gasteiger charge is -2.14. The molecule has 0 saturated heterocycles. The smallest absolute Gasteiger partial charge is 0.251 e. The molecule has 0 aliphatic carbocycles. The molecular formula is C13H14N2O2. The van der Waals surface area contributed by atoms with Gasteiger partial charge in [0.1, 0.15) is 17.7 Å². The third-order valence-electron chi connectivity index (χ3n) is 2.35. The van der Waals surface area contributed by atoms with Crippen molar-refractivity contribution in [2.45, 2.75) is 20.0 Å². The fourth-order valence-electron chi connectivity index (χ4n) is 1.57. The van der Waals surface area contributed by atoms with E-state index in [0.29, 0.717) is 11.5 Å². The Bertz CT molecular complexity index is 549. The van der Waals surface area contributed by atoms with Crippen LogP contribution < -0.4 is 10.3 Å². The second-order valence-electron chi connectivity index (χ2n) is 3.83. The highest BCUT2D eigenvalue weighted by Crippen LogP contribution is 2.18. The van der Waals surface area contributed by atoms with Gasteiger partial charge in [-0.3, -0.25) is 4.79 Å². The van der Waals surface area contributed by atoms with E-state index in [1.54, 1.807) is 6.92 Å². The molecule has 4 heteroatoms. The standard InChI is InChI=1S/C13H14N2O2/c1-9(17-11-6-4-3-5-7-11)12-8-13(16)15-10(2)14-12/h3-9H,1-2H3,(H,14,15,16). The zero-order valence-electron chi connectivity index (χ0n) is 9.81. The van der Waals surface area contributed by atoms with Crippen LogP contribution >= 0.6 is 0 Å². The highest BCUT2D eigenvalue weighted by Gasteiger charge is 2.10. The summed E-state index contributed by atoms with van der Waals surface area (Å²) in [5.41, 5.74) is 0.478. The number of ether oxygens (including phenoxy) is 1. The minimum absolute atomic E-state index is 0.156. The number of benzene rings is 1. The molecule has 0 spiro atoms. The van der Waals surface area contributed by atoms with Crippen molar-refractivity contribution in [3.63, 3.8) is 0 Å². The Morgan fingerprint density at radius 1 is 1.29 bits per heavy atom. The van der Waals surface area contributed by atoms with Crippen LogP contribution in [0.15, 0.2) is 41.2 Å². The minimum Gasteiger partial charge on any atom is -0.484 e. The summed E-state index contributed by atoms with van der Waals surface area (Å²) in [7, 11) is 0. The number of H-pyrrole nitrogens is 1. The second-order valence-corrected chi connectivity index (χ2v) is 3.83. The van der Waals surface area contributed by atoms with Crippen molar-refractivity contribution in [3.8, 4) is 5.75 Å². The van der Waals surface area contributed by atoms with Gasteiger partial charge in [0.15, 0.2) is 0 Å². The van der Waals surface area contributed by atoms with Crippen LogP contribution in [-0.4, -0.2) is 9.97 Å². The van der Waals surface area contributed by atoms with Gasteiger partial charge in [0.2, 0.25) is 0 Å². The molecule has 2 rings (SSSR count). The number of hydrogen-bond donors (Lipinski definition) is 1. The molecular weight excluding hydrogens is 216 g/mol.